The lowest BCUT2D eigenvalue weighted by molar-refractivity contribution is 0.337. The van der Waals surface area contributed by atoms with Gasteiger partial charge in [0.15, 0.2) is 0 Å². The fraction of sp³-hybridized carbons (Fsp3) is 0.455. The molecule has 0 bridgehead atoms. The molecule has 0 N–H and O–H groups in total. The second kappa shape index (κ2) is 4.49. The number of benzene rings is 1. The molecule has 0 radical (unpaired) electrons. The number of hydrogen-bond donors (Lipinski definition) is 1. The summed E-state index contributed by atoms with van der Waals surface area (Å²) >= 11 is 4.21. The summed E-state index contributed by atoms with van der Waals surface area (Å²) in [5.41, 5.74) is 0.249. The molecule has 0 aliphatic carbocycles. The van der Waals surface area contributed by atoms with Crippen molar-refractivity contribution >= 4 is 12.8 Å². The first-order chi connectivity index (χ1) is 7.18. The lowest BCUT2D eigenvalue weighted by atomic mass is 9.89. The highest BCUT2D eigenvalue weighted by atomic mass is 32.1. The maximum Gasteiger partial charge on any atom is 0.129 e. The Hall–Kier alpha value is -0.610. The van der Waals surface area contributed by atoms with Crippen molar-refractivity contribution in [3.05, 3.63) is 35.4 Å². The van der Waals surface area contributed by atoms with Gasteiger partial charge < -0.3 is 0 Å². The van der Waals surface area contributed by atoms with Crippen LogP contribution in [0, 0.1) is 11.6 Å². The third-order valence-electron chi connectivity index (χ3n) is 2.88. The molecule has 15 heavy (non-hydrogen) atoms. The van der Waals surface area contributed by atoms with Gasteiger partial charge in [0.2, 0.25) is 0 Å². The predicted octanol–water partition coefficient (Wildman–Crippen LogP) is 2.99. The topological polar surface area (TPSA) is 3.24 Å². The Morgan fingerprint density at radius 1 is 1.13 bits per heavy atom. The third-order valence-corrected chi connectivity index (χ3v) is 3.28. The Kier molecular flexibility index (Phi) is 3.26. The van der Waals surface area contributed by atoms with Crippen LogP contribution in [0.4, 0.5) is 8.78 Å². The van der Waals surface area contributed by atoms with Gasteiger partial charge in [-0.2, -0.15) is 0 Å². The Morgan fingerprint density at radius 3 is 2.20 bits per heavy atom. The maximum absolute atomic E-state index is 13.5. The first kappa shape index (κ1) is 10.9. The van der Waals surface area contributed by atoms with Crippen molar-refractivity contribution in [1.82, 2.24) is 4.31 Å². The molecule has 0 spiro atoms. The van der Waals surface area contributed by atoms with Crippen LogP contribution in [0.25, 0.3) is 0 Å². The quantitative estimate of drug-likeness (QED) is 0.724. The van der Waals surface area contributed by atoms with Gasteiger partial charge in [-0.05, 0) is 30.9 Å². The normalized spacial score (nSPS) is 19.4. The van der Waals surface area contributed by atoms with Crippen molar-refractivity contribution in [3.8, 4) is 0 Å². The van der Waals surface area contributed by atoms with Crippen molar-refractivity contribution in [3.63, 3.8) is 0 Å². The molecule has 1 aliphatic rings. The SMILES string of the molecule is Fc1cccc(F)c1C1CCN(S)CC1. The Bertz CT molecular complexity index is 328. The molecule has 1 heterocycles. The summed E-state index contributed by atoms with van der Waals surface area (Å²) in [5, 5.41) is 0. The minimum atomic E-state index is -0.424. The molecule has 1 saturated heterocycles. The van der Waals surface area contributed by atoms with Crippen LogP contribution in [0.15, 0.2) is 18.2 Å². The summed E-state index contributed by atoms with van der Waals surface area (Å²) < 4.78 is 28.8. The molecule has 0 amide bonds. The molecular weight excluding hydrogens is 216 g/mol. The number of nitrogens with zero attached hydrogens (tertiary/aromatic N) is 1. The summed E-state index contributed by atoms with van der Waals surface area (Å²) in [6.45, 7) is 1.56. The fourth-order valence-electron chi connectivity index (χ4n) is 2.06. The molecule has 1 aromatic rings. The highest BCUT2D eigenvalue weighted by molar-refractivity contribution is 7.77. The zero-order chi connectivity index (χ0) is 10.8. The van der Waals surface area contributed by atoms with Crippen LogP contribution in [0.2, 0.25) is 0 Å². The van der Waals surface area contributed by atoms with E-state index in [0.29, 0.717) is 0 Å². The van der Waals surface area contributed by atoms with Gasteiger partial charge in [0.1, 0.15) is 11.6 Å². The van der Waals surface area contributed by atoms with Gasteiger partial charge in [0.05, 0.1) is 0 Å². The highest BCUT2D eigenvalue weighted by Crippen LogP contribution is 2.31. The minimum Gasteiger partial charge on any atom is -0.253 e. The Labute approximate surface area is 93.6 Å². The second-order valence-electron chi connectivity index (χ2n) is 3.86. The van der Waals surface area contributed by atoms with E-state index >= 15 is 0 Å². The lowest BCUT2D eigenvalue weighted by Crippen LogP contribution is -2.26. The zero-order valence-electron chi connectivity index (χ0n) is 8.29. The largest absolute Gasteiger partial charge is 0.253 e. The van der Waals surface area contributed by atoms with Crippen molar-refractivity contribution in [1.29, 1.82) is 0 Å². The van der Waals surface area contributed by atoms with E-state index < -0.39 is 11.6 Å². The minimum absolute atomic E-state index is 0.00500. The Morgan fingerprint density at radius 2 is 1.67 bits per heavy atom. The van der Waals surface area contributed by atoms with Crippen LogP contribution in [0.1, 0.15) is 24.3 Å². The van der Waals surface area contributed by atoms with E-state index in [9.17, 15) is 8.78 Å². The molecule has 0 atom stereocenters. The van der Waals surface area contributed by atoms with Gasteiger partial charge >= 0.3 is 0 Å². The van der Waals surface area contributed by atoms with Crippen LogP contribution in [0.5, 0.6) is 0 Å². The number of rotatable bonds is 1. The predicted molar refractivity (Wildman–Crippen MR) is 58.9 cm³/mol. The molecule has 1 aromatic carbocycles. The average Bonchev–Trinajstić information content (AvgIpc) is 2.20. The van der Waals surface area contributed by atoms with Crippen LogP contribution < -0.4 is 0 Å². The zero-order valence-corrected chi connectivity index (χ0v) is 9.18. The molecule has 2 rings (SSSR count). The third kappa shape index (κ3) is 2.32. The summed E-state index contributed by atoms with van der Waals surface area (Å²) in [6, 6.07) is 4.05. The smallest absolute Gasteiger partial charge is 0.129 e. The first-order valence-electron chi connectivity index (χ1n) is 5.06. The van der Waals surface area contributed by atoms with Crippen molar-refractivity contribution in [2.24, 2.45) is 0 Å². The maximum atomic E-state index is 13.5. The monoisotopic (exact) mass is 229 g/mol. The van der Waals surface area contributed by atoms with Crippen LogP contribution in [-0.4, -0.2) is 17.4 Å². The molecular formula is C11H13F2NS. The van der Waals surface area contributed by atoms with E-state index in [1.807, 2.05) is 4.31 Å². The lowest BCUT2D eigenvalue weighted by Gasteiger charge is -2.28. The number of hydrogen-bond acceptors (Lipinski definition) is 2. The molecule has 4 heteroatoms. The molecule has 82 valence electrons. The molecule has 0 saturated carbocycles. The number of piperidine rings is 1. The van der Waals surface area contributed by atoms with Gasteiger partial charge in [0, 0.05) is 18.7 Å². The fourth-order valence-corrected chi connectivity index (χ4v) is 2.29. The molecule has 1 nitrogen and oxygen atoms in total. The van der Waals surface area contributed by atoms with Gasteiger partial charge in [-0.25, -0.2) is 8.78 Å². The van der Waals surface area contributed by atoms with Crippen molar-refractivity contribution < 1.29 is 8.78 Å². The molecule has 0 unspecified atom stereocenters. The Balaban J connectivity index is 2.22. The summed E-state index contributed by atoms with van der Waals surface area (Å²) in [4.78, 5) is 0. The number of thiol groups is 1. The van der Waals surface area contributed by atoms with E-state index in [1.165, 1.54) is 18.2 Å². The second-order valence-corrected chi connectivity index (χ2v) is 4.43. The van der Waals surface area contributed by atoms with Crippen molar-refractivity contribution in [2.45, 2.75) is 18.8 Å². The van der Waals surface area contributed by atoms with E-state index in [-0.39, 0.29) is 11.5 Å². The standard InChI is InChI=1S/C11H13F2NS/c12-9-2-1-3-10(13)11(9)8-4-6-14(15)7-5-8/h1-3,8,15H,4-7H2. The van der Waals surface area contributed by atoms with E-state index in [4.69, 9.17) is 0 Å². The summed E-state index contributed by atoms with van der Waals surface area (Å²) in [7, 11) is 0. The molecule has 0 aromatic heterocycles. The van der Waals surface area contributed by atoms with Crippen LogP contribution >= 0.6 is 12.8 Å². The highest BCUT2D eigenvalue weighted by Gasteiger charge is 2.24. The van der Waals surface area contributed by atoms with Crippen LogP contribution in [0.3, 0.4) is 0 Å². The molecule has 1 fully saturated rings. The van der Waals surface area contributed by atoms with E-state index in [0.717, 1.165) is 25.9 Å². The summed E-state index contributed by atoms with van der Waals surface area (Å²) in [6.07, 6.45) is 1.53. The van der Waals surface area contributed by atoms with E-state index in [2.05, 4.69) is 12.8 Å². The average molecular weight is 229 g/mol. The van der Waals surface area contributed by atoms with E-state index in [1.54, 1.807) is 0 Å². The first-order valence-corrected chi connectivity index (χ1v) is 5.46. The van der Waals surface area contributed by atoms with Gasteiger partial charge in [-0.1, -0.05) is 18.9 Å². The van der Waals surface area contributed by atoms with Crippen LogP contribution in [-0.2, 0) is 0 Å². The van der Waals surface area contributed by atoms with Gasteiger partial charge in [0.25, 0.3) is 0 Å². The van der Waals surface area contributed by atoms with Crippen molar-refractivity contribution in [2.75, 3.05) is 13.1 Å². The summed E-state index contributed by atoms with van der Waals surface area (Å²) in [5.74, 6) is -0.852. The molecule has 1 aliphatic heterocycles. The van der Waals surface area contributed by atoms with Gasteiger partial charge in [-0.15, -0.1) is 0 Å². The number of halogens is 2. The van der Waals surface area contributed by atoms with Gasteiger partial charge in [-0.3, -0.25) is 4.31 Å².